The second kappa shape index (κ2) is 7.79. The van der Waals surface area contributed by atoms with Gasteiger partial charge in [-0.3, -0.25) is 9.59 Å². The molecule has 140 valence electrons. The molecule has 8 heteroatoms. The van der Waals surface area contributed by atoms with Gasteiger partial charge in [0.05, 0.1) is 29.8 Å². The molecule has 0 bridgehead atoms. The summed E-state index contributed by atoms with van der Waals surface area (Å²) >= 11 is 3.37. The summed E-state index contributed by atoms with van der Waals surface area (Å²) in [4.78, 5) is 24.0. The first-order chi connectivity index (χ1) is 12.9. The predicted molar refractivity (Wildman–Crippen MR) is 108 cm³/mol. The quantitative estimate of drug-likeness (QED) is 0.647. The van der Waals surface area contributed by atoms with E-state index < -0.39 is 0 Å². The van der Waals surface area contributed by atoms with Crippen LogP contribution in [-0.4, -0.2) is 24.6 Å². The van der Waals surface area contributed by atoms with Crippen LogP contribution in [0.15, 0.2) is 46.0 Å². The highest BCUT2D eigenvalue weighted by Gasteiger charge is 2.22. The number of hydrogen-bond acceptors (Lipinski definition) is 5. The molecule has 0 radical (unpaired) electrons. The number of nitrogens with one attached hydrogen (secondary N) is 2. The molecule has 1 aliphatic rings. The summed E-state index contributed by atoms with van der Waals surface area (Å²) in [5.74, 6) is 0.159. The monoisotopic (exact) mass is 430 g/mol. The fourth-order valence-electron chi connectivity index (χ4n) is 2.83. The normalized spacial score (nSPS) is 16.3. The molecule has 1 atom stereocenters. The second-order valence-electron chi connectivity index (χ2n) is 6.24. The molecule has 2 aromatic carbocycles. The van der Waals surface area contributed by atoms with E-state index in [4.69, 9.17) is 10.5 Å². The minimum Gasteiger partial charge on any atom is -0.497 e. The van der Waals surface area contributed by atoms with Crippen LogP contribution in [0.1, 0.15) is 29.3 Å². The molecule has 2 amide bonds. The minimum atomic E-state index is -0.309. The number of anilines is 2. The van der Waals surface area contributed by atoms with Gasteiger partial charge in [0.2, 0.25) is 5.91 Å². The maximum absolute atomic E-state index is 12.6. The molecule has 1 aliphatic heterocycles. The van der Waals surface area contributed by atoms with E-state index in [2.05, 4.69) is 31.8 Å². The van der Waals surface area contributed by atoms with Gasteiger partial charge in [0.1, 0.15) is 5.75 Å². The number of methoxy groups -OCH3 is 1. The number of halogens is 1. The fraction of sp³-hybridized carbons (Fsp3) is 0.211. The van der Waals surface area contributed by atoms with Crippen LogP contribution in [0, 0.1) is 5.92 Å². The van der Waals surface area contributed by atoms with Crippen LogP contribution in [-0.2, 0) is 4.79 Å². The predicted octanol–water partition coefficient (Wildman–Crippen LogP) is 3.15. The van der Waals surface area contributed by atoms with Crippen LogP contribution in [0.3, 0.4) is 0 Å². The number of nitrogen functional groups attached to an aromatic ring is 1. The van der Waals surface area contributed by atoms with Crippen LogP contribution in [0.4, 0.5) is 11.4 Å². The largest absolute Gasteiger partial charge is 0.497 e. The molecule has 27 heavy (non-hydrogen) atoms. The summed E-state index contributed by atoms with van der Waals surface area (Å²) in [6.45, 7) is 1.93. The van der Waals surface area contributed by atoms with Crippen molar-refractivity contribution in [3.63, 3.8) is 0 Å². The van der Waals surface area contributed by atoms with Crippen LogP contribution in [0.2, 0.25) is 0 Å². The van der Waals surface area contributed by atoms with Crippen molar-refractivity contribution in [1.29, 1.82) is 0 Å². The smallest absolute Gasteiger partial charge is 0.257 e. The van der Waals surface area contributed by atoms with Crippen molar-refractivity contribution in [2.75, 3.05) is 18.2 Å². The lowest BCUT2D eigenvalue weighted by molar-refractivity contribution is -0.121. The number of amides is 2. The highest BCUT2D eigenvalue weighted by Crippen LogP contribution is 2.27. The molecule has 0 fully saturated rings. The minimum absolute atomic E-state index is 0.00803. The Hall–Kier alpha value is -2.87. The van der Waals surface area contributed by atoms with E-state index in [1.54, 1.807) is 37.4 Å². The Labute approximate surface area is 165 Å². The molecule has 0 saturated carbocycles. The lowest BCUT2D eigenvalue weighted by Crippen LogP contribution is -2.32. The van der Waals surface area contributed by atoms with E-state index >= 15 is 0 Å². The zero-order valence-electron chi connectivity index (χ0n) is 14.9. The van der Waals surface area contributed by atoms with Gasteiger partial charge < -0.3 is 15.8 Å². The van der Waals surface area contributed by atoms with Crippen molar-refractivity contribution >= 4 is 44.8 Å². The zero-order valence-corrected chi connectivity index (χ0v) is 16.5. The third-order valence-corrected chi connectivity index (χ3v) is 4.96. The van der Waals surface area contributed by atoms with Crippen LogP contribution in [0.25, 0.3) is 0 Å². The molecular weight excluding hydrogens is 412 g/mol. The molecule has 1 unspecified atom stereocenters. The first-order valence-corrected chi connectivity index (χ1v) is 9.09. The van der Waals surface area contributed by atoms with Gasteiger partial charge in [-0.15, -0.1) is 0 Å². The Morgan fingerprint density at radius 3 is 2.78 bits per heavy atom. The van der Waals surface area contributed by atoms with E-state index in [9.17, 15) is 9.59 Å². The topological polar surface area (TPSA) is 106 Å². The van der Waals surface area contributed by atoms with Crippen molar-refractivity contribution in [1.82, 2.24) is 5.43 Å². The summed E-state index contributed by atoms with van der Waals surface area (Å²) in [6.07, 6.45) is 0.376. The SMILES string of the molecule is COc1ccc(Br)c(C(=O)Nc2ccc(C3=NNC(=O)CC3C)cc2N)c1. The number of rotatable bonds is 4. The molecule has 0 aromatic heterocycles. The molecule has 3 rings (SSSR count). The maximum Gasteiger partial charge on any atom is 0.257 e. The Balaban J connectivity index is 1.83. The molecule has 0 spiro atoms. The standard InChI is InChI=1S/C19H19BrN4O3/c1-10-7-17(25)23-24-18(10)11-3-6-16(15(21)8-11)22-19(26)13-9-12(27-2)4-5-14(13)20/h3-6,8-10H,7,21H2,1-2H3,(H,22,26)(H,23,25). The van der Waals surface area contributed by atoms with Crippen molar-refractivity contribution in [2.45, 2.75) is 13.3 Å². The summed E-state index contributed by atoms with van der Waals surface area (Å²) in [6, 6.07) is 10.4. The van der Waals surface area contributed by atoms with Gasteiger partial charge in [-0.05, 0) is 46.3 Å². The summed E-state index contributed by atoms with van der Waals surface area (Å²) < 4.78 is 5.82. The fourth-order valence-corrected chi connectivity index (χ4v) is 3.26. The highest BCUT2D eigenvalue weighted by atomic mass is 79.9. The molecule has 1 heterocycles. The number of nitrogens with two attached hydrogens (primary N) is 1. The molecule has 0 saturated heterocycles. The van der Waals surface area contributed by atoms with Crippen LogP contribution >= 0.6 is 15.9 Å². The van der Waals surface area contributed by atoms with Gasteiger partial charge in [-0.1, -0.05) is 13.0 Å². The Morgan fingerprint density at radius 2 is 2.11 bits per heavy atom. The number of hydrazone groups is 1. The van der Waals surface area contributed by atoms with Gasteiger partial charge in [0.15, 0.2) is 0 Å². The summed E-state index contributed by atoms with van der Waals surface area (Å²) in [7, 11) is 1.54. The van der Waals surface area contributed by atoms with E-state index in [1.165, 1.54) is 0 Å². The van der Waals surface area contributed by atoms with E-state index in [1.807, 2.05) is 13.0 Å². The molecule has 0 aliphatic carbocycles. The van der Waals surface area contributed by atoms with Gasteiger partial charge in [0.25, 0.3) is 5.91 Å². The molecule has 2 aromatic rings. The van der Waals surface area contributed by atoms with Crippen molar-refractivity contribution in [3.8, 4) is 5.75 Å². The number of ether oxygens (including phenoxy) is 1. The van der Waals surface area contributed by atoms with E-state index in [0.717, 1.165) is 11.3 Å². The number of hydrogen-bond donors (Lipinski definition) is 3. The highest BCUT2D eigenvalue weighted by molar-refractivity contribution is 9.10. The van der Waals surface area contributed by atoms with Gasteiger partial charge in [-0.2, -0.15) is 5.10 Å². The summed E-state index contributed by atoms with van der Waals surface area (Å²) in [5.41, 5.74) is 11.5. The lowest BCUT2D eigenvalue weighted by atomic mass is 9.93. The van der Waals surface area contributed by atoms with E-state index in [0.29, 0.717) is 33.6 Å². The van der Waals surface area contributed by atoms with Crippen LogP contribution < -0.4 is 21.2 Å². The maximum atomic E-state index is 12.6. The van der Waals surface area contributed by atoms with Gasteiger partial charge >= 0.3 is 0 Å². The summed E-state index contributed by atoms with van der Waals surface area (Å²) in [5, 5.41) is 6.93. The first kappa shape index (κ1) is 18.9. The second-order valence-corrected chi connectivity index (χ2v) is 7.09. The molecular formula is C19H19BrN4O3. The Morgan fingerprint density at radius 1 is 1.33 bits per heavy atom. The van der Waals surface area contributed by atoms with Crippen molar-refractivity contribution in [2.24, 2.45) is 11.0 Å². The average molecular weight is 431 g/mol. The zero-order chi connectivity index (χ0) is 19.6. The van der Waals surface area contributed by atoms with Gasteiger partial charge in [-0.25, -0.2) is 5.43 Å². The number of nitrogens with zero attached hydrogens (tertiary/aromatic N) is 1. The number of carbonyl (C=O) groups is 2. The Kier molecular flexibility index (Phi) is 5.46. The molecule has 4 N–H and O–H groups in total. The lowest BCUT2D eigenvalue weighted by Gasteiger charge is -2.20. The van der Waals surface area contributed by atoms with Crippen molar-refractivity contribution < 1.29 is 14.3 Å². The number of benzene rings is 2. The third kappa shape index (κ3) is 4.11. The molecule has 7 nitrogen and oxygen atoms in total. The average Bonchev–Trinajstić information content (AvgIpc) is 2.64. The van der Waals surface area contributed by atoms with Crippen LogP contribution in [0.5, 0.6) is 5.75 Å². The van der Waals surface area contributed by atoms with Gasteiger partial charge in [0, 0.05) is 22.4 Å². The third-order valence-electron chi connectivity index (χ3n) is 4.27. The Bertz CT molecular complexity index is 943. The van der Waals surface area contributed by atoms with E-state index in [-0.39, 0.29) is 17.7 Å². The number of carbonyl (C=O) groups excluding carboxylic acids is 2. The first-order valence-electron chi connectivity index (χ1n) is 8.30. The van der Waals surface area contributed by atoms with Crippen molar-refractivity contribution in [3.05, 3.63) is 52.0 Å².